The molecule has 1 unspecified atom stereocenters. The lowest BCUT2D eigenvalue weighted by molar-refractivity contribution is -0.161. The molecule has 1 amide bonds. The maximum atomic E-state index is 12.9. The summed E-state index contributed by atoms with van der Waals surface area (Å²) in [4.78, 5) is 34.8. The van der Waals surface area contributed by atoms with Crippen molar-refractivity contribution in [1.82, 2.24) is 5.32 Å². The third-order valence-electron chi connectivity index (χ3n) is 4.27. The van der Waals surface area contributed by atoms with E-state index < -0.39 is 29.3 Å². The van der Waals surface area contributed by atoms with Gasteiger partial charge in [-0.15, -0.1) is 0 Å². The van der Waals surface area contributed by atoms with Crippen molar-refractivity contribution in [2.45, 2.75) is 64.5 Å². The summed E-state index contributed by atoms with van der Waals surface area (Å²) in [5.74, 6) is -1.95. The van der Waals surface area contributed by atoms with Gasteiger partial charge in [-0.1, -0.05) is 19.3 Å². The predicted molar refractivity (Wildman–Crippen MR) is 99.1 cm³/mol. The first kappa shape index (κ1) is 22.8. The first-order chi connectivity index (χ1) is 12.6. The van der Waals surface area contributed by atoms with Gasteiger partial charge in [0.25, 0.3) is 5.91 Å². The molecule has 0 saturated heterocycles. The Morgan fingerprint density at radius 2 is 1.70 bits per heavy atom. The topological polar surface area (TPSA) is 92.7 Å². The molecule has 0 saturated carbocycles. The van der Waals surface area contributed by atoms with Crippen molar-refractivity contribution in [2.75, 3.05) is 6.61 Å². The zero-order valence-corrected chi connectivity index (χ0v) is 16.1. The number of hydrogen-bond acceptors (Lipinski definition) is 4. The summed E-state index contributed by atoms with van der Waals surface area (Å²) in [6.07, 6.45) is 3.67. The van der Waals surface area contributed by atoms with E-state index in [9.17, 15) is 18.8 Å². The molecule has 0 bridgehead atoms. The van der Waals surface area contributed by atoms with Crippen LogP contribution in [0.2, 0.25) is 0 Å². The zero-order valence-electron chi connectivity index (χ0n) is 16.1. The van der Waals surface area contributed by atoms with Crippen molar-refractivity contribution in [2.24, 2.45) is 0 Å². The van der Waals surface area contributed by atoms with Crippen LogP contribution in [0.3, 0.4) is 0 Å². The van der Waals surface area contributed by atoms with Gasteiger partial charge >= 0.3 is 5.97 Å². The van der Waals surface area contributed by atoms with Crippen LogP contribution in [0.5, 0.6) is 0 Å². The Bertz CT molecular complexity index is 642. The van der Waals surface area contributed by atoms with Gasteiger partial charge in [0, 0.05) is 12.2 Å². The highest BCUT2D eigenvalue weighted by atomic mass is 19.1. The number of carboxylic acid groups (broad SMARTS) is 1. The molecule has 7 heteroatoms. The summed E-state index contributed by atoms with van der Waals surface area (Å²) >= 11 is 0. The average molecular weight is 381 g/mol. The van der Waals surface area contributed by atoms with Crippen molar-refractivity contribution in [3.63, 3.8) is 0 Å². The lowest BCUT2D eigenvalue weighted by Crippen LogP contribution is -2.39. The number of carbonyl (C=O) groups is 3. The quantitative estimate of drug-likeness (QED) is 0.542. The van der Waals surface area contributed by atoms with E-state index in [1.165, 1.54) is 45.0 Å². The smallest absolute Gasteiger partial charge is 0.335 e. The Morgan fingerprint density at radius 1 is 1.11 bits per heavy atom. The van der Waals surface area contributed by atoms with Crippen molar-refractivity contribution in [3.05, 3.63) is 35.6 Å². The molecule has 1 atom stereocenters. The first-order valence-electron chi connectivity index (χ1n) is 9.07. The van der Waals surface area contributed by atoms with Crippen LogP contribution in [-0.4, -0.2) is 41.0 Å². The molecule has 0 aliphatic rings. The molecule has 0 radical (unpaired) electrons. The molecule has 0 aliphatic carbocycles. The fourth-order valence-electron chi connectivity index (χ4n) is 2.41. The van der Waals surface area contributed by atoms with Gasteiger partial charge in [0.1, 0.15) is 5.82 Å². The van der Waals surface area contributed by atoms with Gasteiger partial charge in [-0.3, -0.25) is 9.59 Å². The van der Waals surface area contributed by atoms with Gasteiger partial charge < -0.3 is 15.2 Å². The van der Waals surface area contributed by atoms with Crippen LogP contribution in [0.4, 0.5) is 4.39 Å². The van der Waals surface area contributed by atoms with Crippen molar-refractivity contribution < 1.29 is 28.6 Å². The molecular formula is C20H28FNO5. The summed E-state index contributed by atoms with van der Waals surface area (Å²) < 4.78 is 18.2. The van der Waals surface area contributed by atoms with Gasteiger partial charge in [0.05, 0.1) is 6.04 Å². The number of ketones is 1. The minimum atomic E-state index is -1.19. The molecule has 1 aromatic rings. The summed E-state index contributed by atoms with van der Waals surface area (Å²) in [5, 5.41) is 11.6. The number of aliphatic carboxylic acids is 1. The van der Waals surface area contributed by atoms with Crippen molar-refractivity contribution in [1.29, 1.82) is 0 Å². The number of ether oxygens (including phenoxy) is 1. The fraction of sp³-hybridized carbons (Fsp3) is 0.550. The average Bonchev–Trinajstić information content (AvgIpc) is 2.59. The number of halogens is 1. The van der Waals surface area contributed by atoms with E-state index in [2.05, 4.69) is 5.32 Å². The number of nitrogens with one attached hydrogen (secondary N) is 1. The Labute approximate surface area is 159 Å². The van der Waals surface area contributed by atoms with Crippen LogP contribution in [0, 0.1) is 5.82 Å². The third kappa shape index (κ3) is 8.30. The van der Waals surface area contributed by atoms with E-state index in [0.717, 1.165) is 25.7 Å². The van der Waals surface area contributed by atoms with Crippen LogP contribution in [-0.2, 0) is 14.3 Å². The number of benzene rings is 1. The summed E-state index contributed by atoms with van der Waals surface area (Å²) in [6, 6.07) is 4.57. The molecule has 0 fully saturated rings. The number of rotatable bonds is 12. The first-order valence-corrected chi connectivity index (χ1v) is 9.07. The Hall–Kier alpha value is -2.28. The minimum absolute atomic E-state index is 0.128. The zero-order chi connectivity index (χ0) is 20.4. The van der Waals surface area contributed by atoms with Crippen molar-refractivity contribution >= 4 is 17.7 Å². The van der Waals surface area contributed by atoms with Gasteiger partial charge in [0.2, 0.25) is 0 Å². The van der Waals surface area contributed by atoms with E-state index in [1.54, 1.807) is 0 Å². The van der Waals surface area contributed by atoms with Crippen LogP contribution in [0.1, 0.15) is 63.2 Å². The second kappa shape index (κ2) is 10.8. The summed E-state index contributed by atoms with van der Waals surface area (Å²) in [7, 11) is 0. The van der Waals surface area contributed by atoms with Crippen LogP contribution >= 0.6 is 0 Å². The molecule has 0 aromatic heterocycles. The van der Waals surface area contributed by atoms with Crippen LogP contribution in [0.15, 0.2) is 24.3 Å². The molecule has 27 heavy (non-hydrogen) atoms. The highest BCUT2D eigenvalue weighted by Gasteiger charge is 2.27. The van der Waals surface area contributed by atoms with Crippen LogP contribution in [0.25, 0.3) is 0 Å². The number of hydrogen-bond donors (Lipinski definition) is 2. The number of carbonyl (C=O) groups excluding carboxylic acids is 2. The molecule has 1 aromatic carbocycles. The Balaban J connectivity index is 2.31. The molecule has 6 nitrogen and oxygen atoms in total. The number of amides is 1. The largest absolute Gasteiger partial charge is 0.479 e. The molecular weight excluding hydrogens is 353 g/mol. The van der Waals surface area contributed by atoms with Gasteiger partial charge in [0.15, 0.2) is 11.4 Å². The minimum Gasteiger partial charge on any atom is -0.479 e. The van der Waals surface area contributed by atoms with E-state index in [1.807, 2.05) is 0 Å². The molecule has 0 aliphatic heterocycles. The lowest BCUT2D eigenvalue weighted by Gasteiger charge is -2.20. The van der Waals surface area contributed by atoms with Gasteiger partial charge in [-0.05, 0) is 57.9 Å². The fourth-order valence-corrected chi connectivity index (χ4v) is 2.41. The monoisotopic (exact) mass is 381 g/mol. The second-order valence-electron chi connectivity index (χ2n) is 7.01. The normalized spacial score (nSPS) is 12.4. The number of carboxylic acids is 1. The summed E-state index contributed by atoms with van der Waals surface area (Å²) in [5.41, 5.74) is -0.884. The molecule has 2 N–H and O–H groups in total. The lowest BCUT2D eigenvalue weighted by atomic mass is 10.0. The van der Waals surface area contributed by atoms with Gasteiger partial charge in [-0.2, -0.15) is 0 Å². The summed E-state index contributed by atoms with van der Waals surface area (Å²) in [6.45, 7) is 4.81. The second-order valence-corrected chi connectivity index (χ2v) is 7.01. The maximum Gasteiger partial charge on any atom is 0.335 e. The highest BCUT2D eigenvalue weighted by Crippen LogP contribution is 2.12. The standard InChI is InChI=1S/C20H28FNO5/c1-14(23)17(22-18(24)15-9-11-16(21)12-10-15)8-6-4-5-7-13-27-20(2,3)19(25)26/h9-12,17H,4-8,13H2,1-3H3,(H,22,24)(H,25,26). The van der Waals surface area contributed by atoms with E-state index in [0.29, 0.717) is 18.6 Å². The highest BCUT2D eigenvalue weighted by molar-refractivity contribution is 5.97. The predicted octanol–water partition coefficient (Wildman–Crippen LogP) is 3.34. The van der Waals surface area contributed by atoms with Crippen molar-refractivity contribution in [3.8, 4) is 0 Å². The molecule has 0 spiro atoms. The SMILES string of the molecule is CC(=O)C(CCCCCCOC(C)(C)C(=O)O)NC(=O)c1ccc(F)cc1. The maximum absolute atomic E-state index is 12.9. The molecule has 150 valence electrons. The molecule has 1 rings (SSSR count). The Morgan fingerprint density at radius 3 is 2.26 bits per heavy atom. The number of unbranched alkanes of at least 4 members (excludes halogenated alkanes) is 3. The van der Waals surface area contributed by atoms with E-state index in [-0.39, 0.29) is 5.78 Å². The van der Waals surface area contributed by atoms with Gasteiger partial charge in [-0.25, -0.2) is 9.18 Å². The number of Topliss-reactive ketones (excluding diaryl/α,β-unsaturated/α-hetero) is 1. The third-order valence-corrected chi connectivity index (χ3v) is 4.27. The molecule has 0 heterocycles. The van der Waals surface area contributed by atoms with E-state index >= 15 is 0 Å². The van der Waals surface area contributed by atoms with Crippen LogP contribution < -0.4 is 5.32 Å². The Kier molecular flexibility index (Phi) is 9.08. The van der Waals surface area contributed by atoms with E-state index in [4.69, 9.17) is 9.84 Å².